The number of benzene rings is 1. The van der Waals surface area contributed by atoms with Crippen LogP contribution >= 0.6 is 23.4 Å². The molecule has 2 atom stereocenters. The first kappa shape index (κ1) is 12.7. The second kappa shape index (κ2) is 5.76. The molecule has 0 aliphatic carbocycles. The van der Waals surface area contributed by atoms with E-state index in [2.05, 4.69) is 5.32 Å². The topological polar surface area (TPSA) is 32.3 Å². The molecule has 1 aliphatic rings. The number of carbonyl (C=O) groups is 1. The van der Waals surface area contributed by atoms with E-state index in [9.17, 15) is 4.79 Å². The van der Waals surface area contributed by atoms with Crippen molar-refractivity contribution in [3.05, 3.63) is 30.3 Å². The van der Waals surface area contributed by atoms with E-state index in [1.165, 1.54) is 0 Å². The van der Waals surface area contributed by atoms with Gasteiger partial charge in [0.2, 0.25) is 5.91 Å². The van der Waals surface area contributed by atoms with Crippen LogP contribution in [0.4, 0.5) is 5.69 Å². The Bertz CT molecular complexity index is 387. The molecule has 1 amide bonds. The smallest absolute Gasteiger partial charge is 0.225 e. The van der Waals surface area contributed by atoms with Gasteiger partial charge in [0.15, 0.2) is 0 Å². The fraction of sp³-hybridized carbons (Fsp3) is 0.417. The van der Waals surface area contributed by atoms with Crippen molar-refractivity contribution in [1.29, 1.82) is 0 Å². The van der Waals surface area contributed by atoms with Crippen LogP contribution in [-0.4, -0.2) is 29.1 Å². The van der Waals surface area contributed by atoms with Gasteiger partial charge < -0.3 is 0 Å². The van der Waals surface area contributed by atoms with Gasteiger partial charge in [-0.25, -0.2) is 0 Å². The summed E-state index contributed by atoms with van der Waals surface area (Å²) in [5.74, 6) is 1.55. The molecule has 1 aromatic rings. The van der Waals surface area contributed by atoms with Crippen molar-refractivity contribution in [2.75, 3.05) is 16.5 Å². The molecule has 3 nitrogen and oxygen atoms in total. The predicted octanol–water partition coefficient (Wildman–Crippen LogP) is 2.27. The number of hydrogen-bond acceptors (Lipinski definition) is 3. The molecule has 17 heavy (non-hydrogen) atoms. The fourth-order valence-electron chi connectivity index (χ4n) is 1.81. The number of rotatable bonds is 3. The minimum Gasteiger partial charge on any atom is -0.287 e. The first-order valence-electron chi connectivity index (χ1n) is 5.51. The average molecular weight is 271 g/mol. The molecular weight excluding hydrogens is 256 g/mol. The zero-order valence-electron chi connectivity index (χ0n) is 9.60. The van der Waals surface area contributed by atoms with Crippen LogP contribution in [0.25, 0.3) is 0 Å². The van der Waals surface area contributed by atoms with E-state index in [4.69, 9.17) is 11.6 Å². The van der Waals surface area contributed by atoms with Crippen LogP contribution in [0.15, 0.2) is 30.3 Å². The molecule has 1 aromatic carbocycles. The molecule has 1 N–H and O–H groups in total. The summed E-state index contributed by atoms with van der Waals surface area (Å²) in [6, 6.07) is 9.97. The highest BCUT2D eigenvalue weighted by atomic mass is 35.5. The van der Waals surface area contributed by atoms with Gasteiger partial charge in [-0.1, -0.05) is 18.2 Å². The Balaban J connectivity index is 2.17. The third-order valence-electron chi connectivity index (χ3n) is 2.63. The highest BCUT2D eigenvalue weighted by Gasteiger charge is 2.30. The molecule has 92 valence electrons. The van der Waals surface area contributed by atoms with Gasteiger partial charge in [-0.3, -0.25) is 15.0 Å². The first-order valence-corrected chi connectivity index (χ1v) is 7.09. The lowest BCUT2D eigenvalue weighted by molar-refractivity contribution is -0.116. The number of nitrogens with one attached hydrogen (secondary N) is 1. The monoisotopic (exact) mass is 270 g/mol. The summed E-state index contributed by atoms with van der Waals surface area (Å²) in [6.07, 6.45) is 0. The lowest BCUT2D eigenvalue weighted by atomic mass is 10.3. The Labute approximate surface area is 111 Å². The van der Waals surface area contributed by atoms with Gasteiger partial charge in [-0.05, 0) is 12.1 Å². The number of carbonyl (C=O) groups excluding carboxylic acids is 1. The second-order valence-corrected chi connectivity index (χ2v) is 5.35. The van der Waals surface area contributed by atoms with Crippen molar-refractivity contribution >= 4 is 35.0 Å². The molecule has 1 saturated heterocycles. The van der Waals surface area contributed by atoms with Gasteiger partial charge in [0, 0.05) is 30.3 Å². The Morgan fingerprint density at radius 3 is 2.76 bits per heavy atom. The summed E-state index contributed by atoms with van der Waals surface area (Å²) in [7, 11) is 0. The van der Waals surface area contributed by atoms with Crippen molar-refractivity contribution in [2.24, 2.45) is 0 Å². The number of alkyl halides is 1. The SMILES string of the molecule is CC(=O)N(c1ccccc1)C1NC(CCl)CS1. The van der Waals surface area contributed by atoms with E-state index < -0.39 is 0 Å². The average Bonchev–Trinajstić information content (AvgIpc) is 2.79. The van der Waals surface area contributed by atoms with Crippen LogP contribution in [0.5, 0.6) is 0 Å². The third-order valence-corrected chi connectivity index (χ3v) is 4.26. The molecule has 5 heteroatoms. The molecule has 0 bridgehead atoms. The number of anilines is 1. The molecule has 0 radical (unpaired) electrons. The molecule has 0 aromatic heterocycles. The van der Waals surface area contributed by atoms with E-state index in [0.29, 0.717) is 5.88 Å². The molecule has 1 fully saturated rings. The van der Waals surface area contributed by atoms with Gasteiger partial charge >= 0.3 is 0 Å². The second-order valence-electron chi connectivity index (χ2n) is 3.93. The Morgan fingerprint density at radius 1 is 1.53 bits per heavy atom. The number of para-hydroxylation sites is 1. The van der Waals surface area contributed by atoms with E-state index in [0.717, 1.165) is 11.4 Å². The molecule has 2 rings (SSSR count). The van der Waals surface area contributed by atoms with Crippen LogP contribution < -0.4 is 10.2 Å². The summed E-state index contributed by atoms with van der Waals surface area (Å²) in [4.78, 5) is 13.5. The Hall–Kier alpha value is -0.710. The molecule has 1 heterocycles. The first-order chi connectivity index (χ1) is 8.22. The van der Waals surface area contributed by atoms with Gasteiger partial charge in [0.1, 0.15) is 5.50 Å². The lowest BCUT2D eigenvalue weighted by Crippen LogP contribution is -2.46. The number of hydrogen-bond donors (Lipinski definition) is 1. The molecule has 2 unspecified atom stereocenters. The quantitative estimate of drug-likeness (QED) is 0.856. The molecule has 1 aliphatic heterocycles. The van der Waals surface area contributed by atoms with Crippen LogP contribution in [-0.2, 0) is 4.79 Å². The predicted molar refractivity (Wildman–Crippen MR) is 73.5 cm³/mol. The number of thioether (sulfide) groups is 1. The van der Waals surface area contributed by atoms with Crippen LogP contribution in [0.2, 0.25) is 0 Å². The molecular formula is C12H15ClN2OS. The summed E-state index contributed by atoms with van der Waals surface area (Å²) in [6.45, 7) is 1.59. The van der Waals surface area contributed by atoms with Crippen molar-refractivity contribution in [3.8, 4) is 0 Å². The van der Waals surface area contributed by atoms with Crippen molar-refractivity contribution in [3.63, 3.8) is 0 Å². The maximum Gasteiger partial charge on any atom is 0.225 e. The van der Waals surface area contributed by atoms with E-state index >= 15 is 0 Å². The van der Waals surface area contributed by atoms with Crippen molar-refractivity contribution in [2.45, 2.75) is 18.5 Å². The normalized spacial score (nSPS) is 23.6. The Morgan fingerprint density at radius 2 is 2.24 bits per heavy atom. The van der Waals surface area contributed by atoms with Crippen LogP contribution in [0.3, 0.4) is 0 Å². The van der Waals surface area contributed by atoms with Gasteiger partial charge in [-0.15, -0.1) is 23.4 Å². The standard InChI is InChI=1S/C12H15ClN2OS/c1-9(16)15(11-5-3-2-4-6-11)12-14-10(7-13)8-17-12/h2-6,10,12,14H,7-8H2,1H3. The highest BCUT2D eigenvalue weighted by molar-refractivity contribution is 8.00. The third kappa shape index (κ3) is 2.94. The van der Waals surface area contributed by atoms with Gasteiger partial charge in [0.25, 0.3) is 0 Å². The minimum atomic E-state index is -0.0151. The van der Waals surface area contributed by atoms with Crippen molar-refractivity contribution < 1.29 is 4.79 Å². The zero-order valence-corrected chi connectivity index (χ0v) is 11.2. The molecule has 0 spiro atoms. The molecule has 0 saturated carbocycles. The number of amides is 1. The lowest BCUT2D eigenvalue weighted by Gasteiger charge is -2.27. The van der Waals surface area contributed by atoms with E-state index in [-0.39, 0.29) is 17.4 Å². The zero-order chi connectivity index (χ0) is 12.3. The minimum absolute atomic E-state index is 0.0151. The van der Waals surface area contributed by atoms with Gasteiger partial charge in [0.05, 0.1) is 0 Å². The highest BCUT2D eigenvalue weighted by Crippen LogP contribution is 2.27. The largest absolute Gasteiger partial charge is 0.287 e. The summed E-state index contributed by atoms with van der Waals surface area (Å²) < 4.78 is 0. The number of halogens is 1. The van der Waals surface area contributed by atoms with Gasteiger partial charge in [-0.2, -0.15) is 0 Å². The van der Waals surface area contributed by atoms with Crippen molar-refractivity contribution in [1.82, 2.24) is 5.32 Å². The number of nitrogens with zero attached hydrogens (tertiary/aromatic N) is 1. The summed E-state index contributed by atoms with van der Waals surface area (Å²) in [5, 5.41) is 3.36. The van der Waals surface area contributed by atoms with Crippen LogP contribution in [0, 0.1) is 0 Å². The van der Waals surface area contributed by atoms with E-state index in [1.807, 2.05) is 30.3 Å². The fourth-order valence-corrected chi connectivity index (χ4v) is 3.48. The van der Waals surface area contributed by atoms with Crippen LogP contribution in [0.1, 0.15) is 6.92 Å². The van der Waals surface area contributed by atoms with E-state index in [1.54, 1.807) is 23.6 Å². The maximum atomic E-state index is 11.8. The summed E-state index contributed by atoms with van der Waals surface area (Å²) in [5.41, 5.74) is 0.902. The maximum absolute atomic E-state index is 11.8. The summed E-state index contributed by atoms with van der Waals surface area (Å²) >= 11 is 7.54. The Kier molecular flexibility index (Phi) is 4.31.